The SMILES string of the molecule is CCCC1=Cc2cc(OC)ccc2C(C=O)(OCOC)C1Br. The maximum atomic E-state index is 12.0. The zero-order valence-corrected chi connectivity index (χ0v) is 14.7. The largest absolute Gasteiger partial charge is 0.497 e. The number of benzene rings is 1. The number of carbonyl (C=O) groups excluding carboxylic acids is 1. The zero-order valence-electron chi connectivity index (χ0n) is 13.1. The van der Waals surface area contributed by atoms with Crippen LogP contribution in [0, 0.1) is 0 Å². The van der Waals surface area contributed by atoms with Crippen LogP contribution < -0.4 is 4.74 Å². The van der Waals surface area contributed by atoms with Crippen LogP contribution in [-0.2, 0) is 19.9 Å². The summed E-state index contributed by atoms with van der Waals surface area (Å²) in [4.78, 5) is 11.8. The number of carbonyl (C=O) groups is 1. The lowest BCUT2D eigenvalue weighted by Gasteiger charge is -2.38. The molecular weight excluding hydrogens is 348 g/mol. The van der Waals surface area contributed by atoms with Gasteiger partial charge >= 0.3 is 0 Å². The number of fused-ring (bicyclic) bond motifs is 1. The maximum absolute atomic E-state index is 12.0. The van der Waals surface area contributed by atoms with Crippen LogP contribution in [0.5, 0.6) is 5.75 Å². The lowest BCUT2D eigenvalue weighted by atomic mass is 9.78. The highest BCUT2D eigenvalue weighted by Gasteiger charge is 2.46. The summed E-state index contributed by atoms with van der Waals surface area (Å²) in [5.41, 5.74) is 1.81. The highest BCUT2D eigenvalue weighted by atomic mass is 79.9. The fraction of sp³-hybridized carbons (Fsp3) is 0.471. The van der Waals surface area contributed by atoms with Crippen LogP contribution in [0.2, 0.25) is 0 Å². The predicted molar refractivity (Wildman–Crippen MR) is 89.3 cm³/mol. The summed E-state index contributed by atoms with van der Waals surface area (Å²) in [6, 6.07) is 5.65. The molecule has 0 aliphatic heterocycles. The maximum Gasteiger partial charge on any atom is 0.168 e. The Balaban J connectivity index is 2.59. The second-order valence-corrected chi connectivity index (χ2v) is 6.16. The number of aldehydes is 1. The van der Waals surface area contributed by atoms with Gasteiger partial charge in [-0.05, 0) is 24.1 Å². The average Bonchev–Trinajstić information content (AvgIpc) is 2.55. The summed E-state index contributed by atoms with van der Waals surface area (Å²) in [7, 11) is 3.17. The number of hydrogen-bond acceptors (Lipinski definition) is 4. The molecule has 1 aromatic rings. The van der Waals surface area contributed by atoms with Crippen LogP contribution in [0.4, 0.5) is 0 Å². The standard InChI is InChI=1S/C17H21BrO4/c1-4-5-12-8-13-9-14(21-3)6-7-15(13)17(10-19,16(12)18)22-11-20-2/h6-10,16H,4-5,11H2,1-3H3. The van der Waals surface area contributed by atoms with Crippen molar-refractivity contribution < 1.29 is 19.0 Å². The number of hydrogen-bond donors (Lipinski definition) is 0. The molecular formula is C17H21BrO4. The van der Waals surface area contributed by atoms with E-state index in [0.717, 1.165) is 41.6 Å². The quantitative estimate of drug-likeness (QED) is 0.418. The van der Waals surface area contributed by atoms with Gasteiger partial charge in [0.25, 0.3) is 0 Å². The number of alkyl halides is 1. The van der Waals surface area contributed by atoms with Gasteiger partial charge < -0.3 is 14.2 Å². The molecule has 0 fully saturated rings. The van der Waals surface area contributed by atoms with Gasteiger partial charge in [0.2, 0.25) is 0 Å². The summed E-state index contributed by atoms with van der Waals surface area (Å²) in [5.74, 6) is 0.755. The van der Waals surface area contributed by atoms with E-state index in [4.69, 9.17) is 14.2 Å². The molecule has 2 atom stereocenters. The van der Waals surface area contributed by atoms with E-state index in [2.05, 4.69) is 28.9 Å². The van der Waals surface area contributed by atoms with E-state index in [-0.39, 0.29) is 11.6 Å². The Morgan fingerprint density at radius 2 is 2.14 bits per heavy atom. The Bertz CT molecular complexity index is 570. The fourth-order valence-corrected chi connectivity index (χ4v) is 3.63. The van der Waals surface area contributed by atoms with Crippen molar-refractivity contribution >= 4 is 28.3 Å². The average molecular weight is 369 g/mol. The zero-order chi connectivity index (χ0) is 16.2. The number of halogens is 1. The molecule has 1 aromatic carbocycles. The van der Waals surface area contributed by atoms with Crippen molar-refractivity contribution in [3.63, 3.8) is 0 Å². The first-order valence-electron chi connectivity index (χ1n) is 7.25. The molecule has 2 unspecified atom stereocenters. The molecule has 0 amide bonds. The fourth-order valence-electron chi connectivity index (χ4n) is 2.78. The molecule has 22 heavy (non-hydrogen) atoms. The van der Waals surface area contributed by atoms with Crippen LogP contribution >= 0.6 is 15.9 Å². The van der Waals surface area contributed by atoms with Gasteiger partial charge in [0.15, 0.2) is 11.9 Å². The predicted octanol–water partition coefficient (Wildman–Crippen LogP) is 3.67. The molecule has 0 saturated heterocycles. The lowest BCUT2D eigenvalue weighted by molar-refractivity contribution is -0.152. The monoisotopic (exact) mass is 368 g/mol. The highest BCUT2D eigenvalue weighted by molar-refractivity contribution is 9.09. The molecule has 2 rings (SSSR count). The van der Waals surface area contributed by atoms with Gasteiger partial charge in [-0.1, -0.05) is 47.0 Å². The lowest BCUT2D eigenvalue weighted by Crippen LogP contribution is -2.44. The van der Waals surface area contributed by atoms with Gasteiger partial charge in [-0.15, -0.1) is 0 Å². The number of methoxy groups -OCH3 is 2. The van der Waals surface area contributed by atoms with Crippen molar-refractivity contribution in [3.05, 3.63) is 34.9 Å². The first-order valence-corrected chi connectivity index (χ1v) is 8.16. The van der Waals surface area contributed by atoms with E-state index in [0.29, 0.717) is 0 Å². The van der Waals surface area contributed by atoms with E-state index in [1.54, 1.807) is 14.2 Å². The van der Waals surface area contributed by atoms with Crippen LogP contribution in [0.15, 0.2) is 23.8 Å². The third-order valence-corrected chi connectivity index (χ3v) is 5.12. The Labute approximate surface area is 139 Å². The Morgan fingerprint density at radius 3 is 2.73 bits per heavy atom. The minimum atomic E-state index is -1.09. The number of ether oxygens (including phenoxy) is 3. The molecule has 5 heteroatoms. The molecule has 0 radical (unpaired) electrons. The topological polar surface area (TPSA) is 44.8 Å². The van der Waals surface area contributed by atoms with E-state index < -0.39 is 5.60 Å². The second-order valence-electron chi connectivity index (χ2n) is 5.25. The molecule has 0 aromatic heterocycles. The molecule has 0 bridgehead atoms. The van der Waals surface area contributed by atoms with Crippen LogP contribution in [0.1, 0.15) is 30.9 Å². The molecule has 120 valence electrons. The summed E-state index contributed by atoms with van der Waals surface area (Å²) >= 11 is 3.66. The Kier molecular flexibility index (Phi) is 5.78. The van der Waals surface area contributed by atoms with Crippen molar-refractivity contribution in [2.45, 2.75) is 30.2 Å². The summed E-state index contributed by atoms with van der Waals surface area (Å²) in [5, 5.41) is 0. The number of rotatable bonds is 7. The van der Waals surface area contributed by atoms with Gasteiger partial charge in [-0.25, -0.2) is 0 Å². The van der Waals surface area contributed by atoms with Crippen molar-refractivity contribution in [2.24, 2.45) is 0 Å². The minimum Gasteiger partial charge on any atom is -0.497 e. The highest BCUT2D eigenvalue weighted by Crippen LogP contribution is 2.45. The van der Waals surface area contributed by atoms with Gasteiger partial charge in [-0.3, -0.25) is 4.79 Å². The van der Waals surface area contributed by atoms with Crippen molar-refractivity contribution in [2.75, 3.05) is 21.0 Å². The van der Waals surface area contributed by atoms with Crippen LogP contribution in [0.25, 0.3) is 6.08 Å². The molecule has 0 saturated carbocycles. The molecule has 1 aliphatic rings. The second kappa shape index (κ2) is 7.40. The van der Waals surface area contributed by atoms with E-state index in [1.807, 2.05) is 18.2 Å². The van der Waals surface area contributed by atoms with Gasteiger partial charge in [0, 0.05) is 12.7 Å². The van der Waals surface area contributed by atoms with Crippen LogP contribution in [-0.4, -0.2) is 32.1 Å². The van der Waals surface area contributed by atoms with E-state index in [1.165, 1.54) is 0 Å². The smallest absolute Gasteiger partial charge is 0.168 e. The third-order valence-electron chi connectivity index (χ3n) is 3.85. The molecule has 0 N–H and O–H groups in total. The van der Waals surface area contributed by atoms with E-state index in [9.17, 15) is 4.79 Å². The van der Waals surface area contributed by atoms with E-state index >= 15 is 0 Å². The summed E-state index contributed by atoms with van der Waals surface area (Å²) < 4.78 is 16.2. The Hall–Kier alpha value is -1.17. The third kappa shape index (κ3) is 2.98. The van der Waals surface area contributed by atoms with Crippen molar-refractivity contribution in [3.8, 4) is 5.75 Å². The van der Waals surface area contributed by atoms with Crippen molar-refractivity contribution in [1.29, 1.82) is 0 Å². The minimum absolute atomic E-state index is 0.0473. The van der Waals surface area contributed by atoms with Gasteiger partial charge in [0.1, 0.15) is 12.5 Å². The van der Waals surface area contributed by atoms with Crippen LogP contribution in [0.3, 0.4) is 0 Å². The Morgan fingerprint density at radius 1 is 1.36 bits per heavy atom. The first kappa shape index (κ1) is 17.2. The first-order chi connectivity index (χ1) is 10.6. The molecule has 0 heterocycles. The summed E-state index contributed by atoms with van der Waals surface area (Å²) in [6.07, 6.45) is 4.85. The van der Waals surface area contributed by atoms with Gasteiger partial charge in [0.05, 0.1) is 11.9 Å². The normalized spacial score (nSPS) is 23.6. The molecule has 4 nitrogen and oxygen atoms in total. The molecule has 0 spiro atoms. The summed E-state index contributed by atoms with van der Waals surface area (Å²) in [6.45, 7) is 2.16. The molecule has 1 aliphatic carbocycles. The van der Waals surface area contributed by atoms with Crippen molar-refractivity contribution in [1.82, 2.24) is 0 Å². The van der Waals surface area contributed by atoms with Gasteiger partial charge in [-0.2, -0.15) is 0 Å².